The van der Waals surface area contributed by atoms with Crippen molar-refractivity contribution in [2.45, 2.75) is 75.7 Å². The Morgan fingerprint density at radius 3 is 2.71 bits per heavy atom. The molecule has 1 aromatic rings. The Morgan fingerprint density at radius 1 is 1.32 bits per heavy atom. The molecule has 1 aromatic heterocycles. The van der Waals surface area contributed by atoms with Gasteiger partial charge in [-0.25, -0.2) is 0 Å². The molecular formula is C21H35N3O3S. The van der Waals surface area contributed by atoms with Gasteiger partial charge in [0.15, 0.2) is 0 Å². The van der Waals surface area contributed by atoms with Gasteiger partial charge in [-0.2, -0.15) is 11.8 Å². The summed E-state index contributed by atoms with van der Waals surface area (Å²) in [6.45, 7) is 0. The van der Waals surface area contributed by atoms with E-state index in [0.717, 1.165) is 18.5 Å². The van der Waals surface area contributed by atoms with Gasteiger partial charge in [0.05, 0.1) is 18.2 Å². The van der Waals surface area contributed by atoms with E-state index in [-0.39, 0.29) is 5.91 Å². The summed E-state index contributed by atoms with van der Waals surface area (Å²) in [6, 6.07) is 4.57. The molecule has 0 aliphatic heterocycles. The first-order valence-electron chi connectivity index (χ1n) is 10.3. The van der Waals surface area contributed by atoms with Crippen LogP contribution in [-0.4, -0.2) is 57.4 Å². The monoisotopic (exact) mass is 409 g/mol. The number of aliphatic hydroxyl groups excluding tert-OH is 2. The fourth-order valence-corrected chi connectivity index (χ4v) is 4.40. The molecule has 1 aliphatic rings. The second-order valence-electron chi connectivity index (χ2n) is 7.83. The predicted molar refractivity (Wildman–Crippen MR) is 114 cm³/mol. The van der Waals surface area contributed by atoms with Crippen LogP contribution in [0.2, 0.25) is 0 Å². The van der Waals surface area contributed by atoms with Gasteiger partial charge >= 0.3 is 0 Å². The van der Waals surface area contributed by atoms with Crippen LogP contribution in [0.3, 0.4) is 0 Å². The van der Waals surface area contributed by atoms with Crippen LogP contribution >= 0.6 is 11.8 Å². The first kappa shape index (κ1) is 23.1. The second-order valence-corrected chi connectivity index (χ2v) is 8.75. The van der Waals surface area contributed by atoms with Gasteiger partial charge in [-0.05, 0) is 43.6 Å². The van der Waals surface area contributed by atoms with Crippen molar-refractivity contribution in [3.05, 3.63) is 30.1 Å². The number of aryl methyl sites for hydroxylation is 1. The third-order valence-electron chi connectivity index (χ3n) is 5.55. The maximum absolute atomic E-state index is 12.4. The first-order valence-corrected chi connectivity index (χ1v) is 11.7. The summed E-state index contributed by atoms with van der Waals surface area (Å²) in [5, 5.41) is 24.3. The highest BCUT2D eigenvalue weighted by Crippen LogP contribution is 2.28. The molecule has 158 valence electrons. The maximum Gasteiger partial charge on any atom is 0.238 e. The molecule has 1 amide bonds. The van der Waals surface area contributed by atoms with E-state index in [1.807, 2.05) is 24.5 Å². The molecule has 1 unspecified atom stereocenters. The first-order chi connectivity index (χ1) is 13.5. The zero-order valence-corrected chi connectivity index (χ0v) is 17.6. The molecule has 0 spiro atoms. The van der Waals surface area contributed by atoms with Gasteiger partial charge in [-0.1, -0.05) is 38.2 Å². The van der Waals surface area contributed by atoms with Crippen molar-refractivity contribution in [2.75, 3.05) is 12.0 Å². The van der Waals surface area contributed by atoms with Crippen LogP contribution in [-0.2, 0) is 11.2 Å². The van der Waals surface area contributed by atoms with Crippen LogP contribution in [0.5, 0.6) is 0 Å². The molecule has 1 saturated carbocycles. The highest BCUT2D eigenvalue weighted by molar-refractivity contribution is 7.98. The van der Waals surface area contributed by atoms with Crippen molar-refractivity contribution >= 4 is 17.7 Å². The fraction of sp³-hybridized carbons (Fsp3) is 0.714. The average Bonchev–Trinajstić information content (AvgIpc) is 2.72. The van der Waals surface area contributed by atoms with E-state index >= 15 is 0 Å². The van der Waals surface area contributed by atoms with Crippen LogP contribution < -0.4 is 11.1 Å². The molecule has 0 radical (unpaired) electrons. The van der Waals surface area contributed by atoms with Gasteiger partial charge in [-0.15, -0.1) is 0 Å². The van der Waals surface area contributed by atoms with Gasteiger partial charge in [0.1, 0.15) is 6.10 Å². The standard InChI is InChI=1S/C21H35N3O3S/c1-28-14-17(22)21(27)24-18(13-15-7-3-2-4-8-15)20(26)19(25)11-10-16-9-5-6-12-23-16/h5-6,9,12,15,17-20,25-26H,2-4,7-8,10-11,13-14,22H2,1H3,(H,24,27)/t17-,18?,19+,20-/m1/s1. The van der Waals surface area contributed by atoms with Gasteiger partial charge in [-0.3, -0.25) is 9.78 Å². The highest BCUT2D eigenvalue weighted by atomic mass is 32.2. The summed E-state index contributed by atoms with van der Waals surface area (Å²) in [7, 11) is 0. The van der Waals surface area contributed by atoms with E-state index in [2.05, 4.69) is 10.3 Å². The van der Waals surface area contributed by atoms with Crippen molar-refractivity contribution in [1.82, 2.24) is 10.3 Å². The zero-order valence-electron chi connectivity index (χ0n) is 16.8. The van der Waals surface area contributed by atoms with Crippen LogP contribution in [0.25, 0.3) is 0 Å². The number of nitrogens with two attached hydrogens (primary N) is 1. The Labute approximate surface area is 172 Å². The molecule has 1 heterocycles. The Morgan fingerprint density at radius 2 is 2.07 bits per heavy atom. The number of nitrogens with zero attached hydrogens (tertiary/aromatic N) is 1. The Hall–Kier alpha value is -1.15. The number of carbonyl (C=O) groups excluding carboxylic acids is 1. The summed E-state index contributed by atoms with van der Waals surface area (Å²) in [5.41, 5.74) is 6.81. The number of aromatic nitrogens is 1. The fourth-order valence-electron chi connectivity index (χ4n) is 3.89. The van der Waals surface area contributed by atoms with Gasteiger partial charge in [0, 0.05) is 17.6 Å². The third kappa shape index (κ3) is 7.70. The topological polar surface area (TPSA) is 108 Å². The molecule has 7 heteroatoms. The lowest BCUT2D eigenvalue weighted by Crippen LogP contribution is -2.54. The van der Waals surface area contributed by atoms with E-state index in [1.54, 1.807) is 6.20 Å². The molecule has 28 heavy (non-hydrogen) atoms. The van der Waals surface area contributed by atoms with Gasteiger partial charge in [0.2, 0.25) is 5.91 Å². The lowest BCUT2D eigenvalue weighted by molar-refractivity contribution is -0.124. The highest BCUT2D eigenvalue weighted by Gasteiger charge is 2.31. The number of pyridine rings is 1. The van der Waals surface area contributed by atoms with E-state index < -0.39 is 24.3 Å². The molecule has 0 aromatic carbocycles. The number of hydrogen-bond acceptors (Lipinski definition) is 6. The Bertz CT molecular complexity index is 569. The number of thioether (sulfide) groups is 1. The second kappa shape index (κ2) is 12.4. The van der Waals surface area contributed by atoms with E-state index in [1.165, 1.54) is 31.0 Å². The van der Waals surface area contributed by atoms with Crippen molar-refractivity contribution < 1.29 is 15.0 Å². The van der Waals surface area contributed by atoms with E-state index in [0.29, 0.717) is 30.9 Å². The third-order valence-corrected chi connectivity index (χ3v) is 6.24. The summed E-state index contributed by atoms with van der Waals surface area (Å²) in [4.78, 5) is 16.7. The van der Waals surface area contributed by atoms with Crippen LogP contribution in [0.1, 0.15) is 50.6 Å². The number of rotatable bonds is 11. The van der Waals surface area contributed by atoms with Gasteiger partial charge in [0.25, 0.3) is 0 Å². The molecule has 2 rings (SSSR count). The maximum atomic E-state index is 12.4. The zero-order chi connectivity index (χ0) is 20.4. The lowest BCUT2D eigenvalue weighted by Gasteiger charge is -2.32. The Kier molecular flexibility index (Phi) is 10.3. The Balaban J connectivity index is 1.97. The summed E-state index contributed by atoms with van der Waals surface area (Å²) < 4.78 is 0. The number of amides is 1. The van der Waals surface area contributed by atoms with Crippen LogP contribution in [0.4, 0.5) is 0 Å². The molecule has 5 N–H and O–H groups in total. The normalized spacial score (nSPS) is 19.6. The number of aliphatic hydroxyl groups is 2. The van der Waals surface area contributed by atoms with Crippen molar-refractivity contribution in [1.29, 1.82) is 0 Å². The minimum Gasteiger partial charge on any atom is -0.390 e. The average molecular weight is 410 g/mol. The quantitative estimate of drug-likeness (QED) is 0.444. The molecule has 0 saturated heterocycles. The smallest absolute Gasteiger partial charge is 0.238 e. The number of hydrogen-bond donors (Lipinski definition) is 4. The van der Waals surface area contributed by atoms with E-state index in [9.17, 15) is 15.0 Å². The minimum atomic E-state index is -1.02. The van der Waals surface area contributed by atoms with Crippen molar-refractivity contribution in [3.8, 4) is 0 Å². The van der Waals surface area contributed by atoms with Gasteiger partial charge < -0.3 is 21.3 Å². The molecule has 0 bridgehead atoms. The van der Waals surface area contributed by atoms with Crippen molar-refractivity contribution in [2.24, 2.45) is 11.7 Å². The summed E-state index contributed by atoms with van der Waals surface area (Å²) in [5.74, 6) is 0.736. The number of carbonyl (C=O) groups is 1. The molecular weight excluding hydrogens is 374 g/mol. The SMILES string of the molecule is CSC[C@@H](N)C(=O)NC(CC1CCCCC1)[C@@H](O)[C@@H](O)CCc1ccccn1. The van der Waals surface area contributed by atoms with E-state index in [4.69, 9.17) is 5.73 Å². The van der Waals surface area contributed by atoms with Crippen molar-refractivity contribution in [3.63, 3.8) is 0 Å². The minimum absolute atomic E-state index is 0.258. The lowest BCUT2D eigenvalue weighted by atomic mass is 9.82. The largest absolute Gasteiger partial charge is 0.390 e. The predicted octanol–water partition coefficient (Wildman–Crippen LogP) is 1.88. The summed E-state index contributed by atoms with van der Waals surface area (Å²) >= 11 is 1.52. The number of nitrogens with one attached hydrogen (secondary N) is 1. The van der Waals surface area contributed by atoms with Crippen LogP contribution in [0.15, 0.2) is 24.4 Å². The molecule has 1 fully saturated rings. The summed E-state index contributed by atoms with van der Waals surface area (Å²) in [6.07, 6.45) is 9.19. The van der Waals surface area contributed by atoms with Crippen LogP contribution in [0, 0.1) is 5.92 Å². The molecule has 4 atom stereocenters. The molecule has 1 aliphatic carbocycles. The molecule has 6 nitrogen and oxygen atoms in total.